The van der Waals surface area contributed by atoms with E-state index in [4.69, 9.17) is 9.15 Å². The van der Waals surface area contributed by atoms with Gasteiger partial charge in [0.25, 0.3) is 0 Å². The number of furan rings is 1. The molecule has 0 bridgehead atoms. The summed E-state index contributed by atoms with van der Waals surface area (Å²) in [7, 11) is 1.66. The third-order valence-electron chi connectivity index (χ3n) is 4.61. The van der Waals surface area contributed by atoms with E-state index in [1.54, 1.807) is 7.11 Å². The molecule has 0 aliphatic carbocycles. The molecule has 1 aliphatic heterocycles. The van der Waals surface area contributed by atoms with E-state index in [1.165, 1.54) is 0 Å². The highest BCUT2D eigenvalue weighted by molar-refractivity contribution is 5.83. The maximum atomic E-state index is 6.01. The first-order valence-electron chi connectivity index (χ1n) is 8.30. The number of methoxy groups -OCH3 is 1. The van der Waals surface area contributed by atoms with Crippen LogP contribution in [0.5, 0.6) is 5.75 Å². The molecule has 0 amide bonds. The first-order valence-corrected chi connectivity index (χ1v) is 8.30. The summed E-state index contributed by atoms with van der Waals surface area (Å²) in [6.45, 7) is 4.92. The van der Waals surface area contributed by atoms with Crippen LogP contribution < -0.4 is 15.4 Å². The van der Waals surface area contributed by atoms with Crippen molar-refractivity contribution in [3.8, 4) is 5.75 Å². The molecule has 0 radical (unpaired) electrons. The van der Waals surface area contributed by atoms with Gasteiger partial charge in [-0.2, -0.15) is 5.10 Å². The zero-order valence-corrected chi connectivity index (χ0v) is 14.0. The number of nitrogens with zero attached hydrogens (tertiary/aromatic N) is 2. The Kier molecular flexibility index (Phi) is 3.90. The van der Waals surface area contributed by atoms with E-state index >= 15 is 0 Å². The summed E-state index contributed by atoms with van der Waals surface area (Å²) >= 11 is 0. The van der Waals surface area contributed by atoms with Crippen LogP contribution >= 0.6 is 0 Å². The van der Waals surface area contributed by atoms with Crippen molar-refractivity contribution in [2.24, 2.45) is 5.92 Å². The Morgan fingerprint density at radius 1 is 1.46 bits per heavy atom. The minimum Gasteiger partial charge on any atom is -0.493 e. The number of aromatic nitrogens is 2. The normalized spacial score (nSPS) is 18.2. The lowest BCUT2D eigenvalue weighted by atomic mass is 10.1. The molecule has 2 atom stereocenters. The smallest absolute Gasteiger partial charge is 0.176 e. The molecule has 2 N–H and O–H groups in total. The molecular weight excluding hydrogens is 304 g/mol. The van der Waals surface area contributed by atoms with Crippen LogP contribution in [0.2, 0.25) is 0 Å². The van der Waals surface area contributed by atoms with Gasteiger partial charge in [-0.15, -0.1) is 0 Å². The van der Waals surface area contributed by atoms with Gasteiger partial charge in [-0.25, -0.2) is 4.68 Å². The lowest BCUT2D eigenvalue weighted by molar-refractivity contribution is 0.357. The van der Waals surface area contributed by atoms with Crippen LogP contribution in [0.25, 0.3) is 11.0 Å². The van der Waals surface area contributed by atoms with E-state index < -0.39 is 0 Å². The third kappa shape index (κ3) is 2.73. The first-order chi connectivity index (χ1) is 11.7. The molecule has 3 aromatic rings. The molecule has 126 valence electrons. The van der Waals surface area contributed by atoms with Crippen molar-refractivity contribution in [3.63, 3.8) is 0 Å². The van der Waals surface area contributed by atoms with Crippen molar-refractivity contribution in [3.05, 3.63) is 42.3 Å². The van der Waals surface area contributed by atoms with Crippen LogP contribution in [0.1, 0.15) is 18.7 Å². The average molecular weight is 326 g/mol. The number of fused-ring (bicyclic) bond motifs is 2. The lowest BCUT2D eigenvalue weighted by Crippen LogP contribution is -2.36. The Bertz CT molecular complexity index is 839. The van der Waals surface area contributed by atoms with Gasteiger partial charge in [0.2, 0.25) is 0 Å². The van der Waals surface area contributed by atoms with Crippen molar-refractivity contribution in [2.75, 3.05) is 25.5 Å². The van der Waals surface area contributed by atoms with Gasteiger partial charge in [-0.05, 0) is 19.1 Å². The Morgan fingerprint density at radius 2 is 2.38 bits per heavy atom. The Labute approximate surface area is 140 Å². The number of ether oxygens (including phenoxy) is 1. The van der Waals surface area contributed by atoms with E-state index in [-0.39, 0.29) is 6.04 Å². The highest BCUT2D eigenvalue weighted by Crippen LogP contribution is 2.31. The van der Waals surface area contributed by atoms with Gasteiger partial charge >= 0.3 is 0 Å². The lowest BCUT2D eigenvalue weighted by Gasteiger charge is -2.26. The largest absolute Gasteiger partial charge is 0.493 e. The summed E-state index contributed by atoms with van der Waals surface area (Å²) in [5, 5.41) is 12.4. The van der Waals surface area contributed by atoms with Crippen LogP contribution in [0.15, 0.2) is 40.9 Å². The number of benzene rings is 1. The van der Waals surface area contributed by atoms with E-state index in [1.807, 2.05) is 35.1 Å². The molecular formula is C18H22N4O2. The number of hydrogen-bond donors (Lipinski definition) is 2. The van der Waals surface area contributed by atoms with Gasteiger partial charge in [-0.1, -0.05) is 12.1 Å². The first kappa shape index (κ1) is 15.1. The van der Waals surface area contributed by atoms with E-state index in [9.17, 15) is 0 Å². The second-order valence-corrected chi connectivity index (χ2v) is 6.30. The predicted molar refractivity (Wildman–Crippen MR) is 93.4 cm³/mol. The van der Waals surface area contributed by atoms with Crippen molar-refractivity contribution in [2.45, 2.75) is 19.5 Å². The summed E-state index contributed by atoms with van der Waals surface area (Å²) in [5.41, 5.74) is 0.809. The van der Waals surface area contributed by atoms with Crippen molar-refractivity contribution >= 4 is 16.8 Å². The molecule has 1 aromatic carbocycles. The Balaban J connectivity index is 1.42. The van der Waals surface area contributed by atoms with Gasteiger partial charge < -0.3 is 19.8 Å². The minimum atomic E-state index is 0.140. The molecule has 3 heterocycles. The molecule has 0 saturated carbocycles. The molecule has 6 nitrogen and oxygen atoms in total. The predicted octanol–water partition coefficient (Wildman–Crippen LogP) is 3.03. The van der Waals surface area contributed by atoms with Crippen molar-refractivity contribution < 1.29 is 9.15 Å². The van der Waals surface area contributed by atoms with Gasteiger partial charge in [0.05, 0.1) is 19.3 Å². The summed E-state index contributed by atoms with van der Waals surface area (Å²) in [6, 6.07) is 10.2. The number of anilines is 1. The fourth-order valence-corrected chi connectivity index (χ4v) is 3.20. The van der Waals surface area contributed by atoms with Gasteiger partial charge in [0, 0.05) is 37.0 Å². The molecule has 6 heteroatoms. The maximum absolute atomic E-state index is 6.01. The van der Waals surface area contributed by atoms with Crippen LogP contribution in [0.3, 0.4) is 0 Å². The summed E-state index contributed by atoms with van der Waals surface area (Å²) in [6.07, 6.45) is 1.84. The van der Waals surface area contributed by atoms with Gasteiger partial charge in [0.15, 0.2) is 11.3 Å². The Hall–Kier alpha value is -2.47. The van der Waals surface area contributed by atoms with E-state index in [2.05, 4.69) is 28.7 Å². The number of para-hydroxylation sites is 1. The minimum absolute atomic E-state index is 0.140. The van der Waals surface area contributed by atoms with Crippen molar-refractivity contribution in [1.29, 1.82) is 0 Å². The highest BCUT2D eigenvalue weighted by atomic mass is 16.5. The quantitative estimate of drug-likeness (QED) is 0.754. The zero-order chi connectivity index (χ0) is 16.5. The molecule has 0 unspecified atom stereocenters. The molecule has 0 fully saturated rings. The topological polar surface area (TPSA) is 64.2 Å². The fraction of sp³-hybridized carbons (Fsp3) is 0.389. The molecule has 4 rings (SSSR count). The third-order valence-corrected chi connectivity index (χ3v) is 4.61. The number of rotatable bonds is 5. The number of hydrogen-bond acceptors (Lipinski definition) is 5. The Morgan fingerprint density at radius 3 is 3.25 bits per heavy atom. The molecule has 0 spiro atoms. The fourth-order valence-electron chi connectivity index (χ4n) is 3.20. The second kappa shape index (κ2) is 6.20. The van der Waals surface area contributed by atoms with E-state index in [0.29, 0.717) is 5.92 Å². The van der Waals surface area contributed by atoms with Crippen LogP contribution in [-0.4, -0.2) is 30.0 Å². The SMILES string of the molecule is COc1cccc2cc([C@H](C)NC[C@H]3CNc4ccnn4C3)oc12. The standard InChI is InChI=1S/C18H22N4O2/c1-12(16-8-14-4-3-5-15(23-2)18(14)24-16)19-9-13-10-20-17-6-7-21-22(17)11-13/h3-8,12-13,19-20H,9-11H2,1-2H3/t12-,13-/m0/s1. The van der Waals surface area contributed by atoms with Gasteiger partial charge in [0.1, 0.15) is 11.6 Å². The van der Waals surface area contributed by atoms with Crippen LogP contribution in [0, 0.1) is 5.92 Å². The van der Waals surface area contributed by atoms with Gasteiger partial charge in [-0.3, -0.25) is 0 Å². The van der Waals surface area contributed by atoms with Crippen LogP contribution in [0.4, 0.5) is 5.82 Å². The highest BCUT2D eigenvalue weighted by Gasteiger charge is 2.20. The molecule has 1 aliphatic rings. The molecule has 0 saturated heterocycles. The van der Waals surface area contributed by atoms with Crippen LogP contribution in [-0.2, 0) is 6.54 Å². The second-order valence-electron chi connectivity index (χ2n) is 6.30. The maximum Gasteiger partial charge on any atom is 0.176 e. The number of nitrogens with one attached hydrogen (secondary N) is 2. The summed E-state index contributed by atoms with van der Waals surface area (Å²) < 4.78 is 13.4. The average Bonchev–Trinajstić information content (AvgIpc) is 3.25. The van der Waals surface area contributed by atoms with Crippen molar-refractivity contribution in [1.82, 2.24) is 15.1 Å². The monoisotopic (exact) mass is 326 g/mol. The summed E-state index contributed by atoms with van der Waals surface area (Å²) in [4.78, 5) is 0. The molecule has 2 aromatic heterocycles. The van der Waals surface area contributed by atoms with E-state index in [0.717, 1.165) is 47.9 Å². The summed E-state index contributed by atoms with van der Waals surface area (Å²) in [5.74, 6) is 3.30. The zero-order valence-electron chi connectivity index (χ0n) is 14.0. The molecule has 24 heavy (non-hydrogen) atoms.